The van der Waals surface area contributed by atoms with Crippen molar-refractivity contribution in [3.63, 3.8) is 0 Å². The largest absolute Gasteiger partial charge is 0.378 e. The molecule has 0 spiro atoms. The minimum Gasteiger partial charge on any atom is -0.378 e. The highest BCUT2D eigenvalue weighted by atomic mass is 16.5. The van der Waals surface area contributed by atoms with Gasteiger partial charge in [-0.05, 0) is 56.2 Å². The molecule has 1 saturated heterocycles. The van der Waals surface area contributed by atoms with E-state index in [1.807, 2.05) is 57.2 Å². The summed E-state index contributed by atoms with van der Waals surface area (Å²) in [5.41, 5.74) is 10.8. The van der Waals surface area contributed by atoms with E-state index in [-0.39, 0.29) is 5.91 Å². The molecule has 2 aromatic carbocycles. The van der Waals surface area contributed by atoms with Crippen molar-refractivity contribution in [1.29, 1.82) is 0 Å². The van der Waals surface area contributed by atoms with Gasteiger partial charge < -0.3 is 26.0 Å². The summed E-state index contributed by atoms with van der Waals surface area (Å²) in [4.78, 5) is 33.1. The van der Waals surface area contributed by atoms with E-state index in [2.05, 4.69) is 30.5 Å². The third kappa shape index (κ3) is 5.50. The summed E-state index contributed by atoms with van der Waals surface area (Å²) >= 11 is 0. The minimum absolute atomic E-state index is 0.212. The predicted molar refractivity (Wildman–Crippen MR) is 144 cm³/mol. The topological polar surface area (TPSA) is 131 Å². The summed E-state index contributed by atoms with van der Waals surface area (Å²) < 4.78 is 5.44. The van der Waals surface area contributed by atoms with Gasteiger partial charge in [0.2, 0.25) is 5.95 Å². The number of fused-ring (bicyclic) bond motifs is 1. The fraction of sp³-hybridized carbons (Fsp3) is 0.296. The van der Waals surface area contributed by atoms with Crippen LogP contribution in [0.15, 0.2) is 55.0 Å². The smallest absolute Gasteiger partial charge is 0.255 e. The first-order valence-electron chi connectivity index (χ1n) is 12.2. The molecule has 3 heterocycles. The lowest BCUT2D eigenvalue weighted by Crippen LogP contribution is -2.37. The van der Waals surface area contributed by atoms with Crippen molar-refractivity contribution >= 4 is 40.1 Å². The molecule has 10 heteroatoms. The van der Waals surface area contributed by atoms with Gasteiger partial charge in [-0.3, -0.25) is 4.79 Å². The van der Waals surface area contributed by atoms with Crippen LogP contribution >= 0.6 is 0 Å². The zero-order chi connectivity index (χ0) is 26.0. The maximum absolute atomic E-state index is 13.0. The second kappa shape index (κ2) is 10.1. The number of morpholine rings is 1. The van der Waals surface area contributed by atoms with Crippen LogP contribution in [0.2, 0.25) is 0 Å². The van der Waals surface area contributed by atoms with Crippen molar-refractivity contribution in [1.82, 2.24) is 19.9 Å². The third-order valence-corrected chi connectivity index (χ3v) is 6.28. The lowest BCUT2D eigenvalue weighted by atomic mass is 9.94. The lowest BCUT2D eigenvalue weighted by Gasteiger charge is -2.26. The maximum atomic E-state index is 13.0. The Kier molecular flexibility index (Phi) is 6.68. The monoisotopic (exact) mass is 498 g/mol. The quantitative estimate of drug-likeness (QED) is 0.364. The van der Waals surface area contributed by atoms with Gasteiger partial charge in [-0.1, -0.05) is 18.2 Å². The predicted octanol–water partition coefficient (Wildman–Crippen LogP) is 3.75. The molecule has 1 fully saturated rings. The van der Waals surface area contributed by atoms with Gasteiger partial charge in [0, 0.05) is 35.6 Å². The molecule has 10 nitrogen and oxygen atoms in total. The number of amides is 1. The number of aryl methyl sites for hydroxylation is 1. The van der Waals surface area contributed by atoms with Crippen LogP contribution in [0.5, 0.6) is 0 Å². The Hall–Kier alpha value is -4.15. The standard InChI is InChI=1S/C27H30N8O2/c1-17-7-8-20(32-25(36)18-5-4-6-19(13-18)27(2,3)28)14-21(17)33-24-23-22(30-16-31-24)15-29-26(34-23)35-9-11-37-12-10-35/h4-8,13-16H,9-12,28H2,1-3H3,(H,32,36)(H,30,31,33). The molecule has 190 valence electrons. The number of carbonyl (C=O) groups excluding carboxylic acids is 1. The van der Waals surface area contributed by atoms with E-state index in [0.717, 1.165) is 29.9 Å². The molecule has 2 aromatic heterocycles. The zero-order valence-electron chi connectivity index (χ0n) is 21.2. The van der Waals surface area contributed by atoms with E-state index in [1.54, 1.807) is 12.3 Å². The van der Waals surface area contributed by atoms with Gasteiger partial charge >= 0.3 is 0 Å². The SMILES string of the molecule is Cc1ccc(NC(=O)c2cccc(C(C)(C)N)c2)cc1Nc1ncnc2cnc(N3CCOCC3)nc12. The Morgan fingerprint density at radius 3 is 2.68 bits per heavy atom. The number of nitrogens with two attached hydrogens (primary N) is 1. The van der Waals surface area contributed by atoms with Crippen LogP contribution < -0.4 is 21.3 Å². The molecule has 0 radical (unpaired) electrons. The van der Waals surface area contributed by atoms with E-state index in [4.69, 9.17) is 15.5 Å². The molecule has 0 unspecified atom stereocenters. The van der Waals surface area contributed by atoms with Gasteiger partial charge in [0.05, 0.1) is 19.4 Å². The highest BCUT2D eigenvalue weighted by Crippen LogP contribution is 2.28. The van der Waals surface area contributed by atoms with Crippen LogP contribution in [0.3, 0.4) is 0 Å². The first-order chi connectivity index (χ1) is 17.8. The molecular formula is C27H30N8O2. The Morgan fingerprint density at radius 1 is 1.08 bits per heavy atom. The molecular weight excluding hydrogens is 468 g/mol. The van der Waals surface area contributed by atoms with E-state index in [0.29, 0.717) is 47.3 Å². The number of aromatic nitrogens is 4. The number of nitrogens with one attached hydrogen (secondary N) is 2. The highest BCUT2D eigenvalue weighted by Gasteiger charge is 2.18. The molecule has 1 amide bonds. The van der Waals surface area contributed by atoms with Crippen molar-refractivity contribution in [2.75, 3.05) is 41.8 Å². The van der Waals surface area contributed by atoms with Crippen LogP contribution in [-0.4, -0.2) is 52.1 Å². The van der Waals surface area contributed by atoms with Crippen LogP contribution in [-0.2, 0) is 10.3 Å². The van der Waals surface area contributed by atoms with E-state index < -0.39 is 5.54 Å². The Bertz CT molecular complexity index is 1440. The summed E-state index contributed by atoms with van der Waals surface area (Å²) in [7, 11) is 0. The number of benzene rings is 2. The fourth-order valence-corrected chi connectivity index (χ4v) is 4.08. The van der Waals surface area contributed by atoms with Crippen molar-refractivity contribution in [3.8, 4) is 0 Å². The maximum Gasteiger partial charge on any atom is 0.255 e. The number of hydrogen-bond donors (Lipinski definition) is 3. The summed E-state index contributed by atoms with van der Waals surface area (Å²) in [6, 6.07) is 13.0. The average molecular weight is 499 g/mol. The number of carbonyl (C=O) groups is 1. The lowest BCUT2D eigenvalue weighted by molar-refractivity contribution is 0.102. The number of ether oxygens (including phenoxy) is 1. The summed E-state index contributed by atoms with van der Waals surface area (Å²) in [5.74, 6) is 0.969. The zero-order valence-corrected chi connectivity index (χ0v) is 21.2. The van der Waals surface area contributed by atoms with Gasteiger partial charge in [-0.25, -0.2) is 19.9 Å². The molecule has 37 heavy (non-hydrogen) atoms. The normalized spacial score (nSPS) is 14.0. The van der Waals surface area contributed by atoms with E-state index in [1.165, 1.54) is 6.33 Å². The first-order valence-corrected chi connectivity index (χ1v) is 12.2. The Morgan fingerprint density at radius 2 is 1.89 bits per heavy atom. The van der Waals surface area contributed by atoms with Gasteiger partial charge in [0.15, 0.2) is 5.82 Å². The molecule has 0 aliphatic carbocycles. The second-order valence-corrected chi connectivity index (χ2v) is 9.64. The molecule has 0 bridgehead atoms. The van der Waals surface area contributed by atoms with Gasteiger partial charge in [0.1, 0.15) is 17.4 Å². The van der Waals surface area contributed by atoms with Crippen LogP contribution in [0.4, 0.5) is 23.1 Å². The van der Waals surface area contributed by atoms with Crippen LogP contribution in [0.25, 0.3) is 11.0 Å². The molecule has 1 aliphatic heterocycles. The molecule has 0 saturated carbocycles. The van der Waals surface area contributed by atoms with Gasteiger partial charge in [-0.2, -0.15) is 0 Å². The fourth-order valence-electron chi connectivity index (χ4n) is 4.08. The number of anilines is 4. The second-order valence-electron chi connectivity index (χ2n) is 9.64. The van der Waals surface area contributed by atoms with Crippen LogP contribution in [0, 0.1) is 6.92 Å². The van der Waals surface area contributed by atoms with Crippen LogP contribution in [0.1, 0.15) is 35.3 Å². The molecule has 5 rings (SSSR count). The molecule has 4 aromatic rings. The number of nitrogens with zero attached hydrogens (tertiary/aromatic N) is 5. The Labute approximate surface area is 215 Å². The molecule has 0 atom stereocenters. The minimum atomic E-state index is -0.539. The van der Waals surface area contributed by atoms with Crippen molar-refractivity contribution in [3.05, 3.63) is 71.7 Å². The first kappa shape index (κ1) is 24.5. The summed E-state index contributed by atoms with van der Waals surface area (Å²) in [6.07, 6.45) is 3.19. The molecule has 1 aliphatic rings. The average Bonchev–Trinajstić information content (AvgIpc) is 2.90. The van der Waals surface area contributed by atoms with Crippen molar-refractivity contribution in [2.45, 2.75) is 26.3 Å². The summed E-state index contributed by atoms with van der Waals surface area (Å²) in [6.45, 7) is 8.55. The highest BCUT2D eigenvalue weighted by molar-refractivity contribution is 6.04. The van der Waals surface area contributed by atoms with Gasteiger partial charge in [-0.15, -0.1) is 0 Å². The van der Waals surface area contributed by atoms with Crippen molar-refractivity contribution in [2.24, 2.45) is 5.73 Å². The van der Waals surface area contributed by atoms with E-state index in [9.17, 15) is 4.79 Å². The summed E-state index contributed by atoms with van der Waals surface area (Å²) in [5, 5.41) is 6.36. The number of hydrogen-bond acceptors (Lipinski definition) is 9. The van der Waals surface area contributed by atoms with Crippen molar-refractivity contribution < 1.29 is 9.53 Å². The third-order valence-electron chi connectivity index (χ3n) is 6.28. The Balaban J connectivity index is 1.40. The van der Waals surface area contributed by atoms with E-state index >= 15 is 0 Å². The van der Waals surface area contributed by atoms with Gasteiger partial charge in [0.25, 0.3) is 5.91 Å². The number of rotatable bonds is 6. The molecule has 4 N–H and O–H groups in total.